The van der Waals surface area contributed by atoms with Gasteiger partial charge in [-0.2, -0.15) is 0 Å². The number of hydrogen-bond donors (Lipinski definition) is 2. The predicted molar refractivity (Wildman–Crippen MR) is 75.4 cm³/mol. The molecule has 0 unspecified atom stereocenters. The van der Waals surface area contributed by atoms with Crippen molar-refractivity contribution in [2.24, 2.45) is 0 Å². The molecule has 0 aromatic heterocycles. The minimum atomic E-state index is -2.07. The van der Waals surface area contributed by atoms with Crippen molar-refractivity contribution in [1.82, 2.24) is 19.9 Å². The molecule has 0 radical (unpaired) electrons. The van der Waals surface area contributed by atoms with E-state index in [2.05, 4.69) is 0 Å². The summed E-state index contributed by atoms with van der Waals surface area (Å²) in [5.74, 6) is -1.12. The first-order valence-electron chi connectivity index (χ1n) is 6.75. The Morgan fingerprint density at radius 3 is 1.80 bits per heavy atom. The average molecular weight is 367 g/mol. The Labute approximate surface area is 139 Å². The Morgan fingerprint density at radius 1 is 1.08 bits per heavy atom. The molecule has 142 valence electrons. The van der Waals surface area contributed by atoms with E-state index in [0.29, 0.717) is 10.0 Å². The third kappa shape index (κ3) is 4.37. The second-order valence-electron chi connectivity index (χ2n) is 5.35. The highest BCUT2D eigenvalue weighted by Crippen LogP contribution is 2.26. The molecule has 1 rings (SSSR count). The molecule has 1 fully saturated rings. The molecule has 1 aliphatic heterocycles. The van der Waals surface area contributed by atoms with Gasteiger partial charge >= 0.3 is 0 Å². The lowest BCUT2D eigenvalue weighted by Crippen LogP contribution is -2.73. The lowest BCUT2D eigenvalue weighted by atomic mass is 9.95. The number of aliphatic hydroxyl groups excluding tert-OH is 2. The van der Waals surface area contributed by atoms with E-state index in [-0.39, 0.29) is 5.01 Å². The van der Waals surface area contributed by atoms with Crippen LogP contribution in [0.5, 0.6) is 0 Å². The van der Waals surface area contributed by atoms with Crippen molar-refractivity contribution >= 4 is 5.91 Å². The van der Waals surface area contributed by atoms with Crippen molar-refractivity contribution in [2.45, 2.75) is 12.5 Å². The smallest absolute Gasteiger partial charge is 0.281 e. The van der Waals surface area contributed by atoms with Crippen molar-refractivity contribution in [3.63, 3.8) is 0 Å². The fraction of sp³-hybridized carbons (Fsp3) is 0.889. The van der Waals surface area contributed by atoms with Crippen LogP contribution in [-0.4, -0.2) is 96.4 Å². The van der Waals surface area contributed by atoms with Gasteiger partial charge in [0.25, 0.3) is 5.91 Å². The van der Waals surface area contributed by atoms with E-state index in [0.717, 1.165) is 11.8 Å². The summed E-state index contributed by atoms with van der Waals surface area (Å²) in [6.45, 7) is -3.58. The Balaban J connectivity index is 3.44. The topological polar surface area (TPSA) is 200 Å². The van der Waals surface area contributed by atoms with Crippen LogP contribution < -0.4 is 0 Å². The molecule has 1 heterocycles. The van der Waals surface area contributed by atoms with Crippen LogP contribution in [0.2, 0.25) is 0 Å². The molecular formula is C9H17N7O9. The average Bonchev–Trinajstić information content (AvgIpc) is 2.51. The van der Waals surface area contributed by atoms with Crippen molar-refractivity contribution in [1.29, 1.82) is 0 Å². The first kappa shape index (κ1) is 20.2. The van der Waals surface area contributed by atoms with Gasteiger partial charge in [0.05, 0.1) is 13.5 Å². The van der Waals surface area contributed by atoms with Crippen LogP contribution in [0.15, 0.2) is 0 Å². The summed E-state index contributed by atoms with van der Waals surface area (Å²) in [5.41, 5.74) is -2.07. The number of hydrogen-bond acceptors (Lipinski definition) is 10. The normalized spacial score (nSPS) is 16.6. The van der Waals surface area contributed by atoms with Gasteiger partial charge < -0.3 is 10.2 Å². The van der Waals surface area contributed by atoms with E-state index in [9.17, 15) is 45.4 Å². The summed E-state index contributed by atoms with van der Waals surface area (Å²) in [5, 5.41) is 49.5. The highest BCUT2D eigenvalue weighted by Gasteiger charge is 2.57. The minimum Gasteiger partial charge on any atom is -0.381 e. The molecule has 1 amide bonds. The molecule has 25 heavy (non-hydrogen) atoms. The van der Waals surface area contributed by atoms with Gasteiger partial charge in [0.1, 0.15) is 13.1 Å². The van der Waals surface area contributed by atoms with E-state index in [1.807, 2.05) is 0 Å². The van der Waals surface area contributed by atoms with Crippen LogP contribution >= 0.6 is 0 Å². The molecule has 0 aromatic carbocycles. The zero-order valence-electron chi connectivity index (χ0n) is 13.1. The lowest BCUT2D eigenvalue weighted by Gasteiger charge is -2.43. The number of carbonyl (C=O) groups is 1. The van der Waals surface area contributed by atoms with Crippen molar-refractivity contribution in [2.75, 3.05) is 39.8 Å². The van der Waals surface area contributed by atoms with E-state index < -0.39 is 66.3 Å². The Hall–Kier alpha value is -2.85. The maximum absolute atomic E-state index is 11.8. The van der Waals surface area contributed by atoms with Crippen molar-refractivity contribution in [3.8, 4) is 0 Å². The van der Waals surface area contributed by atoms with Crippen LogP contribution in [0.25, 0.3) is 0 Å². The van der Waals surface area contributed by atoms with Crippen LogP contribution in [0.3, 0.4) is 0 Å². The number of nitrogens with zero attached hydrogens (tertiary/aromatic N) is 7. The Bertz CT molecular complexity index is 518. The first-order valence-corrected chi connectivity index (χ1v) is 6.75. The van der Waals surface area contributed by atoms with Gasteiger partial charge in [-0.15, -0.1) is 10.0 Å². The van der Waals surface area contributed by atoms with E-state index in [1.165, 1.54) is 0 Å². The number of amides is 1. The third-order valence-electron chi connectivity index (χ3n) is 3.57. The number of rotatable bonds is 8. The summed E-state index contributed by atoms with van der Waals surface area (Å²) in [7, 11) is 0. The zero-order valence-corrected chi connectivity index (χ0v) is 13.1. The molecule has 16 heteroatoms. The molecule has 0 spiro atoms. The predicted octanol–water partition coefficient (Wildman–Crippen LogP) is -3.07. The third-order valence-corrected chi connectivity index (χ3v) is 3.57. The summed E-state index contributed by atoms with van der Waals surface area (Å²) in [4.78, 5) is 46.1. The second-order valence-corrected chi connectivity index (χ2v) is 5.35. The molecule has 16 nitrogen and oxygen atoms in total. The molecule has 2 N–H and O–H groups in total. The largest absolute Gasteiger partial charge is 0.381 e. The summed E-state index contributed by atoms with van der Waals surface area (Å²) < 4.78 is 0. The fourth-order valence-corrected chi connectivity index (χ4v) is 2.72. The van der Waals surface area contributed by atoms with Crippen LogP contribution in [0.4, 0.5) is 0 Å². The monoisotopic (exact) mass is 367 g/mol. The summed E-state index contributed by atoms with van der Waals surface area (Å²) >= 11 is 0. The van der Waals surface area contributed by atoms with Gasteiger partial charge in [-0.1, -0.05) is 0 Å². The lowest BCUT2D eigenvalue weighted by molar-refractivity contribution is -0.735. The fourth-order valence-electron chi connectivity index (χ4n) is 2.72. The van der Waals surface area contributed by atoms with E-state index in [4.69, 9.17) is 0 Å². The molecule has 0 aromatic rings. The van der Waals surface area contributed by atoms with Gasteiger partial charge in [-0.3, -0.25) is 9.69 Å². The zero-order chi connectivity index (χ0) is 19.4. The molecular weight excluding hydrogens is 350 g/mol. The van der Waals surface area contributed by atoms with Crippen molar-refractivity contribution in [3.05, 3.63) is 30.3 Å². The van der Waals surface area contributed by atoms with Crippen LogP contribution in [-0.2, 0) is 4.79 Å². The Morgan fingerprint density at radius 2 is 1.52 bits per heavy atom. The minimum absolute atomic E-state index is 0.0531. The number of carbonyl (C=O) groups excluding carboxylic acids is 1. The maximum Gasteiger partial charge on any atom is 0.281 e. The SMILES string of the molecule is CC(=O)N([N+](=O)[O-])C1(CN(CO)CO)CN([N+](=O)[O-])CN([N+](=O)[O-])C1. The highest BCUT2D eigenvalue weighted by molar-refractivity contribution is 5.73. The van der Waals surface area contributed by atoms with Gasteiger partial charge in [0.15, 0.2) is 20.6 Å². The summed E-state index contributed by atoms with van der Waals surface area (Å²) in [6, 6.07) is 0. The van der Waals surface area contributed by atoms with Crippen LogP contribution in [0.1, 0.15) is 6.92 Å². The van der Waals surface area contributed by atoms with Gasteiger partial charge in [0, 0.05) is 13.5 Å². The van der Waals surface area contributed by atoms with Gasteiger partial charge in [0.2, 0.25) is 6.67 Å². The first-order chi connectivity index (χ1) is 11.6. The molecule has 0 atom stereocenters. The standard InChI is InChI=1S/C9H17N7O9/c1-8(19)13(16(24)25)9(2-10(6-17)7-18)3-11(14(20)21)5-12(4-9)15(22)23/h17-18H,2-7H2,1H3. The highest BCUT2D eigenvalue weighted by atomic mass is 16.7. The molecule has 1 saturated heterocycles. The van der Waals surface area contributed by atoms with E-state index in [1.54, 1.807) is 0 Å². The van der Waals surface area contributed by atoms with E-state index >= 15 is 0 Å². The second kappa shape index (κ2) is 7.81. The number of aliphatic hydroxyl groups is 2. The maximum atomic E-state index is 11.8. The summed E-state index contributed by atoms with van der Waals surface area (Å²) in [6.07, 6.45) is 0. The van der Waals surface area contributed by atoms with Crippen molar-refractivity contribution < 1.29 is 30.1 Å². The Kier molecular flexibility index (Phi) is 6.31. The molecule has 1 aliphatic rings. The quantitative estimate of drug-likeness (QED) is 0.249. The number of nitro groups is 3. The van der Waals surface area contributed by atoms with Crippen LogP contribution in [0, 0.1) is 30.3 Å². The molecule has 0 aliphatic carbocycles. The number of hydrazine groups is 3. The molecule has 0 bridgehead atoms. The van der Waals surface area contributed by atoms with Gasteiger partial charge in [-0.25, -0.2) is 30.3 Å². The molecule has 0 saturated carbocycles. The van der Waals surface area contributed by atoms with Gasteiger partial charge in [-0.05, 0) is 5.01 Å².